The minimum absolute atomic E-state index is 0.00993. The topological polar surface area (TPSA) is 104 Å². The average molecular weight is 381 g/mol. The number of carboxylic acids is 2. The van der Waals surface area contributed by atoms with E-state index in [1.165, 1.54) is 0 Å². The zero-order valence-corrected chi connectivity index (χ0v) is 14.6. The van der Waals surface area contributed by atoms with Crippen LogP contribution in [0.3, 0.4) is 0 Å². The van der Waals surface area contributed by atoms with Crippen LogP contribution in [-0.2, 0) is 14.4 Å². The van der Waals surface area contributed by atoms with Gasteiger partial charge in [0.25, 0.3) is 5.91 Å². The summed E-state index contributed by atoms with van der Waals surface area (Å²) in [5.41, 5.74) is 0.633. The second-order valence-corrected chi connectivity index (χ2v) is 6.72. The zero-order valence-electron chi connectivity index (χ0n) is 13.0. The molecule has 1 aliphatic heterocycles. The molecule has 1 heterocycles. The fourth-order valence-electron chi connectivity index (χ4n) is 2.05. The van der Waals surface area contributed by atoms with Gasteiger partial charge in [-0.05, 0) is 18.6 Å². The molecule has 0 spiro atoms. The maximum atomic E-state index is 12.3. The van der Waals surface area contributed by atoms with Crippen molar-refractivity contribution in [2.75, 3.05) is 13.2 Å². The van der Waals surface area contributed by atoms with Gasteiger partial charge in [-0.15, -0.1) is 0 Å². The summed E-state index contributed by atoms with van der Waals surface area (Å²) in [6, 6.07) is 6.99. The third-order valence-corrected chi connectivity index (χ3v) is 4.54. The summed E-state index contributed by atoms with van der Waals surface area (Å²) in [6.07, 6.45) is 1.97. The van der Waals surface area contributed by atoms with E-state index < -0.39 is 24.4 Å². The van der Waals surface area contributed by atoms with Crippen LogP contribution in [0.2, 0.25) is 0 Å². The molecule has 1 aromatic carbocycles. The number of rotatable bonds is 8. The first-order valence-corrected chi connectivity index (χ1v) is 8.51. The molecule has 2 rings (SSSR count). The molecule has 1 aliphatic rings. The van der Waals surface area contributed by atoms with Gasteiger partial charge in [-0.2, -0.15) is 0 Å². The van der Waals surface area contributed by atoms with Crippen molar-refractivity contribution >= 4 is 52.2 Å². The number of ether oxygens (including phenoxy) is 1. The van der Waals surface area contributed by atoms with Crippen molar-refractivity contribution in [3.05, 3.63) is 34.7 Å². The largest absolute Gasteiger partial charge is 0.493 e. The summed E-state index contributed by atoms with van der Waals surface area (Å²) in [4.78, 5) is 35.0. The van der Waals surface area contributed by atoms with Crippen molar-refractivity contribution in [2.24, 2.45) is 0 Å². The minimum Gasteiger partial charge on any atom is -0.493 e. The Morgan fingerprint density at radius 2 is 1.96 bits per heavy atom. The zero-order chi connectivity index (χ0) is 18.4. The normalized spacial score (nSPS) is 15.7. The van der Waals surface area contributed by atoms with Gasteiger partial charge in [0.15, 0.2) is 0 Å². The van der Waals surface area contributed by atoms with Crippen molar-refractivity contribution in [3.8, 4) is 5.75 Å². The molecule has 0 aromatic heterocycles. The predicted molar refractivity (Wildman–Crippen MR) is 96.3 cm³/mol. The maximum absolute atomic E-state index is 12.3. The number of benzene rings is 1. The maximum Gasteiger partial charge on any atom is 0.323 e. The molecule has 9 heteroatoms. The number of amides is 1. The van der Waals surface area contributed by atoms with Crippen molar-refractivity contribution in [2.45, 2.75) is 12.8 Å². The summed E-state index contributed by atoms with van der Waals surface area (Å²) in [7, 11) is 0. The minimum atomic E-state index is -1.14. The highest BCUT2D eigenvalue weighted by atomic mass is 32.2. The number of aliphatic carboxylic acids is 2. The summed E-state index contributed by atoms with van der Waals surface area (Å²) < 4.78 is 5.78. The molecule has 0 saturated carbocycles. The first-order chi connectivity index (χ1) is 11.9. The Hall–Kier alpha value is -2.39. The number of para-hydroxylation sites is 1. The van der Waals surface area contributed by atoms with Crippen LogP contribution < -0.4 is 4.74 Å². The van der Waals surface area contributed by atoms with Crippen LogP contribution in [0, 0.1) is 0 Å². The van der Waals surface area contributed by atoms with Gasteiger partial charge in [-0.3, -0.25) is 19.3 Å². The van der Waals surface area contributed by atoms with Gasteiger partial charge in [-0.1, -0.05) is 42.2 Å². The molecule has 0 radical (unpaired) electrons. The van der Waals surface area contributed by atoms with E-state index in [-0.39, 0.29) is 17.3 Å². The van der Waals surface area contributed by atoms with Crippen LogP contribution in [0.25, 0.3) is 6.08 Å². The lowest BCUT2D eigenvalue weighted by atomic mass is 10.2. The molecule has 25 heavy (non-hydrogen) atoms. The van der Waals surface area contributed by atoms with E-state index in [1.54, 1.807) is 30.3 Å². The number of thioether (sulfide) groups is 1. The van der Waals surface area contributed by atoms with E-state index in [0.29, 0.717) is 22.6 Å². The lowest BCUT2D eigenvalue weighted by Gasteiger charge is -2.10. The van der Waals surface area contributed by atoms with Gasteiger partial charge in [0.1, 0.15) is 16.6 Å². The Bertz CT molecular complexity index is 746. The fourth-order valence-corrected chi connectivity index (χ4v) is 3.30. The van der Waals surface area contributed by atoms with E-state index in [1.807, 2.05) is 0 Å². The van der Waals surface area contributed by atoms with Crippen LogP contribution in [-0.4, -0.2) is 50.4 Å². The quantitative estimate of drug-likeness (QED) is 0.401. The van der Waals surface area contributed by atoms with Crippen LogP contribution in [0.15, 0.2) is 29.2 Å². The van der Waals surface area contributed by atoms with E-state index in [4.69, 9.17) is 27.2 Å². The highest BCUT2D eigenvalue weighted by Gasteiger charge is 2.33. The van der Waals surface area contributed by atoms with Crippen LogP contribution in [0.5, 0.6) is 5.75 Å². The number of hydrogen-bond donors (Lipinski definition) is 2. The van der Waals surface area contributed by atoms with E-state index in [0.717, 1.165) is 16.7 Å². The second kappa shape index (κ2) is 8.63. The van der Waals surface area contributed by atoms with Gasteiger partial charge in [-0.25, -0.2) is 0 Å². The van der Waals surface area contributed by atoms with Crippen LogP contribution in [0.4, 0.5) is 0 Å². The summed E-state index contributed by atoms with van der Waals surface area (Å²) in [6.45, 7) is -0.244. The van der Waals surface area contributed by atoms with E-state index >= 15 is 0 Å². The number of thiocarbonyl (C=S) groups is 1. The molecule has 1 aromatic rings. The number of carbonyl (C=O) groups is 3. The summed E-state index contributed by atoms with van der Waals surface area (Å²) >= 11 is 6.08. The van der Waals surface area contributed by atoms with Crippen molar-refractivity contribution < 1.29 is 29.3 Å². The third kappa shape index (κ3) is 5.30. The number of carbonyl (C=O) groups excluding carboxylic acids is 1. The Kier molecular flexibility index (Phi) is 6.54. The monoisotopic (exact) mass is 381 g/mol. The first-order valence-electron chi connectivity index (χ1n) is 7.29. The van der Waals surface area contributed by atoms with Gasteiger partial charge in [0.2, 0.25) is 0 Å². The SMILES string of the molecule is O=C(O)CCCOc1ccccc1C=C1SC(=S)N(CC(=O)O)C1=O. The van der Waals surface area contributed by atoms with Crippen LogP contribution in [0.1, 0.15) is 18.4 Å². The van der Waals surface area contributed by atoms with Crippen LogP contribution >= 0.6 is 24.0 Å². The predicted octanol–water partition coefficient (Wildman–Crippen LogP) is 2.22. The summed E-state index contributed by atoms with van der Waals surface area (Å²) in [5.74, 6) is -1.98. The Balaban J connectivity index is 2.12. The number of carboxylic acid groups (broad SMARTS) is 2. The van der Waals surface area contributed by atoms with Gasteiger partial charge in [0.05, 0.1) is 11.5 Å². The first kappa shape index (κ1) is 18.9. The molecule has 0 unspecified atom stereocenters. The van der Waals surface area contributed by atoms with E-state index in [9.17, 15) is 14.4 Å². The molecule has 1 amide bonds. The molecule has 0 atom stereocenters. The van der Waals surface area contributed by atoms with Gasteiger partial charge >= 0.3 is 11.9 Å². The molecular weight excluding hydrogens is 366 g/mol. The lowest BCUT2D eigenvalue weighted by molar-refractivity contribution is -0.140. The molecule has 132 valence electrons. The fraction of sp³-hybridized carbons (Fsp3) is 0.250. The third-order valence-electron chi connectivity index (χ3n) is 3.17. The average Bonchev–Trinajstić information content (AvgIpc) is 2.80. The second-order valence-electron chi connectivity index (χ2n) is 5.05. The molecule has 0 aliphatic carbocycles. The smallest absolute Gasteiger partial charge is 0.323 e. The highest BCUT2D eigenvalue weighted by Crippen LogP contribution is 2.34. The lowest BCUT2D eigenvalue weighted by Crippen LogP contribution is -2.33. The van der Waals surface area contributed by atoms with Crippen molar-refractivity contribution in [3.63, 3.8) is 0 Å². The molecule has 0 bridgehead atoms. The standard InChI is InChI=1S/C16H15NO6S2/c18-13(19)6-3-7-23-11-5-2-1-4-10(11)8-12-15(22)17(9-14(20)21)16(24)25-12/h1-2,4-5,8H,3,6-7,9H2,(H,18,19)(H,20,21). The molecule has 7 nitrogen and oxygen atoms in total. The Morgan fingerprint density at radius 1 is 1.24 bits per heavy atom. The Morgan fingerprint density at radius 3 is 2.64 bits per heavy atom. The van der Waals surface area contributed by atoms with Crippen molar-refractivity contribution in [1.29, 1.82) is 0 Å². The molecule has 1 saturated heterocycles. The van der Waals surface area contributed by atoms with E-state index in [2.05, 4.69) is 0 Å². The van der Waals surface area contributed by atoms with Crippen molar-refractivity contribution in [1.82, 2.24) is 4.90 Å². The molecule has 1 fully saturated rings. The molecule has 2 N–H and O–H groups in total. The Labute approximate surface area is 153 Å². The number of hydrogen-bond acceptors (Lipinski definition) is 6. The highest BCUT2D eigenvalue weighted by molar-refractivity contribution is 8.26. The number of nitrogens with zero attached hydrogens (tertiary/aromatic N) is 1. The molecular formula is C16H15NO6S2. The van der Waals surface area contributed by atoms with Gasteiger partial charge < -0.3 is 14.9 Å². The summed E-state index contributed by atoms with van der Waals surface area (Å²) in [5, 5.41) is 17.5. The van der Waals surface area contributed by atoms with Gasteiger partial charge in [0, 0.05) is 12.0 Å².